The number of piperazine rings is 1. The van der Waals surface area contributed by atoms with Gasteiger partial charge in [0.05, 0.1) is 11.3 Å². The van der Waals surface area contributed by atoms with Gasteiger partial charge in [-0.25, -0.2) is 5.10 Å². The molecule has 0 spiro atoms. The zero-order chi connectivity index (χ0) is 14.8. The van der Waals surface area contributed by atoms with Gasteiger partial charge in [0.15, 0.2) is 0 Å². The zero-order valence-electron chi connectivity index (χ0n) is 12.2. The van der Waals surface area contributed by atoms with Crippen LogP contribution >= 0.6 is 0 Å². The van der Waals surface area contributed by atoms with E-state index < -0.39 is 0 Å². The number of aromatic amines is 1. The predicted octanol–water partition coefficient (Wildman–Crippen LogP) is 0.779. The third kappa shape index (κ3) is 2.72. The van der Waals surface area contributed by atoms with Crippen molar-refractivity contribution in [2.45, 2.75) is 13.8 Å². The Balaban J connectivity index is 1.67. The summed E-state index contributed by atoms with van der Waals surface area (Å²) in [6.07, 6.45) is 1.49. The van der Waals surface area contributed by atoms with Crippen LogP contribution in [0.3, 0.4) is 0 Å². The van der Waals surface area contributed by atoms with E-state index in [9.17, 15) is 4.79 Å². The van der Waals surface area contributed by atoms with Crippen LogP contribution in [0, 0.1) is 13.8 Å². The highest BCUT2D eigenvalue weighted by atomic mass is 16.2. The minimum absolute atomic E-state index is 0.0530. The van der Waals surface area contributed by atoms with Gasteiger partial charge in [0.25, 0.3) is 5.91 Å². The largest absolute Gasteiger partial charge is 0.338 e. The van der Waals surface area contributed by atoms with Crippen molar-refractivity contribution in [2.75, 3.05) is 31.1 Å². The minimum atomic E-state index is 0.0530. The standard InChI is InChI=1S/C14H18N6O/c1-10-3-4-12(11(2)17-10)13(21)19-5-7-20(8-6-19)14-15-9-16-18-14/h3-4,9H,5-8H2,1-2H3,(H,15,16,18). The Morgan fingerprint density at radius 1 is 1.19 bits per heavy atom. The van der Waals surface area contributed by atoms with E-state index in [1.54, 1.807) is 0 Å². The summed E-state index contributed by atoms with van der Waals surface area (Å²) in [5.74, 6) is 0.813. The molecule has 0 bridgehead atoms. The van der Waals surface area contributed by atoms with Crippen molar-refractivity contribution in [3.8, 4) is 0 Å². The molecule has 110 valence electrons. The fraction of sp³-hybridized carbons (Fsp3) is 0.429. The molecule has 7 nitrogen and oxygen atoms in total. The van der Waals surface area contributed by atoms with Gasteiger partial charge in [-0.3, -0.25) is 9.78 Å². The maximum absolute atomic E-state index is 12.6. The number of rotatable bonds is 2. The summed E-state index contributed by atoms with van der Waals surface area (Å²) >= 11 is 0. The van der Waals surface area contributed by atoms with Crippen molar-refractivity contribution >= 4 is 11.9 Å². The number of aromatic nitrogens is 4. The van der Waals surface area contributed by atoms with E-state index >= 15 is 0 Å². The first-order valence-electron chi connectivity index (χ1n) is 6.99. The van der Waals surface area contributed by atoms with E-state index in [2.05, 4.69) is 25.1 Å². The number of carbonyl (C=O) groups is 1. The zero-order valence-corrected chi connectivity index (χ0v) is 12.2. The lowest BCUT2D eigenvalue weighted by Gasteiger charge is -2.34. The molecule has 1 amide bonds. The maximum atomic E-state index is 12.6. The highest BCUT2D eigenvalue weighted by Crippen LogP contribution is 2.14. The average molecular weight is 286 g/mol. The van der Waals surface area contributed by atoms with Crippen LogP contribution in [0.25, 0.3) is 0 Å². The monoisotopic (exact) mass is 286 g/mol. The summed E-state index contributed by atoms with van der Waals surface area (Å²) in [7, 11) is 0. The van der Waals surface area contributed by atoms with Gasteiger partial charge >= 0.3 is 0 Å². The number of amides is 1. The second kappa shape index (κ2) is 5.51. The predicted molar refractivity (Wildman–Crippen MR) is 78.2 cm³/mol. The van der Waals surface area contributed by atoms with Crippen LogP contribution in [0.2, 0.25) is 0 Å². The third-order valence-corrected chi connectivity index (χ3v) is 3.72. The molecule has 1 aliphatic heterocycles. The van der Waals surface area contributed by atoms with Crippen molar-refractivity contribution < 1.29 is 4.79 Å². The molecule has 2 aromatic rings. The van der Waals surface area contributed by atoms with Gasteiger partial charge in [0, 0.05) is 31.9 Å². The van der Waals surface area contributed by atoms with Gasteiger partial charge in [-0.1, -0.05) is 0 Å². The quantitative estimate of drug-likeness (QED) is 0.882. The summed E-state index contributed by atoms with van der Waals surface area (Å²) in [6, 6.07) is 3.74. The van der Waals surface area contributed by atoms with Crippen molar-refractivity contribution in [1.82, 2.24) is 25.1 Å². The number of hydrogen-bond acceptors (Lipinski definition) is 5. The van der Waals surface area contributed by atoms with Crippen LogP contribution in [0.4, 0.5) is 5.95 Å². The van der Waals surface area contributed by atoms with Crippen LogP contribution in [0.15, 0.2) is 18.5 Å². The molecule has 1 saturated heterocycles. The van der Waals surface area contributed by atoms with Gasteiger partial charge in [-0.15, -0.1) is 0 Å². The first kappa shape index (κ1) is 13.5. The molecule has 1 fully saturated rings. The van der Waals surface area contributed by atoms with Gasteiger partial charge < -0.3 is 9.80 Å². The van der Waals surface area contributed by atoms with Crippen LogP contribution in [0.1, 0.15) is 21.7 Å². The van der Waals surface area contributed by atoms with Crippen LogP contribution < -0.4 is 4.90 Å². The SMILES string of the molecule is Cc1ccc(C(=O)N2CCN(c3ncn[nH]3)CC2)c(C)n1. The van der Waals surface area contributed by atoms with E-state index in [-0.39, 0.29) is 5.91 Å². The lowest BCUT2D eigenvalue weighted by atomic mass is 10.1. The lowest BCUT2D eigenvalue weighted by Crippen LogP contribution is -2.49. The molecule has 7 heteroatoms. The number of pyridine rings is 1. The number of nitrogens with zero attached hydrogens (tertiary/aromatic N) is 5. The summed E-state index contributed by atoms with van der Waals surface area (Å²) in [4.78, 5) is 25.0. The van der Waals surface area contributed by atoms with Crippen molar-refractivity contribution in [3.05, 3.63) is 35.4 Å². The Kier molecular flexibility index (Phi) is 3.55. The first-order valence-corrected chi connectivity index (χ1v) is 6.99. The molecule has 1 aliphatic rings. The molecule has 1 N–H and O–H groups in total. The fourth-order valence-electron chi connectivity index (χ4n) is 2.56. The second-order valence-electron chi connectivity index (χ2n) is 5.17. The number of H-pyrrole nitrogens is 1. The van der Waals surface area contributed by atoms with E-state index in [0.717, 1.165) is 30.4 Å². The Hall–Kier alpha value is -2.44. The number of nitrogens with one attached hydrogen (secondary N) is 1. The van der Waals surface area contributed by atoms with E-state index in [1.165, 1.54) is 6.33 Å². The molecule has 3 rings (SSSR count). The normalized spacial score (nSPS) is 15.3. The smallest absolute Gasteiger partial charge is 0.255 e. The molecule has 0 radical (unpaired) electrons. The molecular weight excluding hydrogens is 268 g/mol. The molecule has 0 aliphatic carbocycles. The van der Waals surface area contributed by atoms with E-state index in [0.29, 0.717) is 18.7 Å². The Morgan fingerprint density at radius 3 is 2.57 bits per heavy atom. The lowest BCUT2D eigenvalue weighted by molar-refractivity contribution is 0.0745. The van der Waals surface area contributed by atoms with Crippen molar-refractivity contribution in [3.63, 3.8) is 0 Å². The number of carbonyl (C=O) groups excluding carboxylic acids is 1. The third-order valence-electron chi connectivity index (χ3n) is 3.72. The number of aryl methyl sites for hydroxylation is 2. The molecule has 21 heavy (non-hydrogen) atoms. The van der Waals surface area contributed by atoms with Gasteiger partial charge in [0.2, 0.25) is 5.95 Å². The van der Waals surface area contributed by atoms with Gasteiger partial charge in [-0.2, -0.15) is 10.1 Å². The Bertz CT molecular complexity index is 631. The molecular formula is C14H18N6O. The Labute approximate surface area is 123 Å². The van der Waals surface area contributed by atoms with Gasteiger partial charge in [-0.05, 0) is 26.0 Å². The topological polar surface area (TPSA) is 78.0 Å². The molecule has 0 atom stereocenters. The number of hydrogen-bond donors (Lipinski definition) is 1. The van der Waals surface area contributed by atoms with Crippen LogP contribution in [-0.4, -0.2) is 57.2 Å². The minimum Gasteiger partial charge on any atom is -0.338 e. The molecule has 0 aromatic carbocycles. The van der Waals surface area contributed by atoms with Crippen LogP contribution in [-0.2, 0) is 0 Å². The maximum Gasteiger partial charge on any atom is 0.255 e. The summed E-state index contributed by atoms with van der Waals surface area (Å²) < 4.78 is 0. The molecule has 2 aromatic heterocycles. The van der Waals surface area contributed by atoms with Gasteiger partial charge in [0.1, 0.15) is 6.33 Å². The summed E-state index contributed by atoms with van der Waals surface area (Å²) in [6.45, 7) is 6.65. The fourth-order valence-corrected chi connectivity index (χ4v) is 2.56. The molecule has 0 saturated carbocycles. The first-order chi connectivity index (χ1) is 10.1. The summed E-state index contributed by atoms with van der Waals surface area (Å²) in [5, 5.41) is 6.70. The second-order valence-corrected chi connectivity index (χ2v) is 5.17. The highest BCUT2D eigenvalue weighted by molar-refractivity contribution is 5.95. The highest BCUT2D eigenvalue weighted by Gasteiger charge is 2.24. The van der Waals surface area contributed by atoms with E-state index in [4.69, 9.17) is 0 Å². The molecule has 0 unspecified atom stereocenters. The van der Waals surface area contributed by atoms with Crippen molar-refractivity contribution in [1.29, 1.82) is 0 Å². The Morgan fingerprint density at radius 2 is 1.95 bits per heavy atom. The average Bonchev–Trinajstić information content (AvgIpc) is 3.01. The molecule has 3 heterocycles. The van der Waals surface area contributed by atoms with E-state index in [1.807, 2.05) is 30.9 Å². The number of anilines is 1. The summed E-state index contributed by atoms with van der Waals surface area (Å²) in [5.41, 5.74) is 2.41. The van der Waals surface area contributed by atoms with Crippen LogP contribution in [0.5, 0.6) is 0 Å². The van der Waals surface area contributed by atoms with Crippen molar-refractivity contribution in [2.24, 2.45) is 0 Å².